The smallest absolute Gasteiger partial charge is 0.130 e. The fourth-order valence-electron chi connectivity index (χ4n) is 1.90. The number of anilines is 1. The standard InChI is InChI=1S/C15H14FN3/c1-11-6-13(9-17)8-15(18-11)19(2)10-12-4-3-5-14(16)7-12/h3-8H,10H2,1-2H3. The van der Waals surface area contributed by atoms with Gasteiger partial charge >= 0.3 is 0 Å². The van der Waals surface area contributed by atoms with Gasteiger partial charge in [-0.1, -0.05) is 12.1 Å². The van der Waals surface area contributed by atoms with Gasteiger partial charge in [-0.2, -0.15) is 5.26 Å². The number of hydrogen-bond donors (Lipinski definition) is 0. The molecule has 0 unspecified atom stereocenters. The van der Waals surface area contributed by atoms with E-state index < -0.39 is 0 Å². The number of nitriles is 1. The molecule has 2 aromatic rings. The third-order valence-corrected chi connectivity index (χ3v) is 2.77. The lowest BCUT2D eigenvalue weighted by atomic mass is 10.2. The highest BCUT2D eigenvalue weighted by Gasteiger charge is 2.06. The number of halogens is 1. The highest BCUT2D eigenvalue weighted by molar-refractivity contribution is 5.46. The zero-order valence-electron chi connectivity index (χ0n) is 10.9. The largest absolute Gasteiger partial charge is 0.355 e. The monoisotopic (exact) mass is 255 g/mol. The Morgan fingerprint density at radius 3 is 2.79 bits per heavy atom. The van der Waals surface area contributed by atoms with Crippen molar-refractivity contribution in [3.63, 3.8) is 0 Å². The van der Waals surface area contributed by atoms with Gasteiger partial charge in [-0.3, -0.25) is 0 Å². The highest BCUT2D eigenvalue weighted by atomic mass is 19.1. The van der Waals surface area contributed by atoms with Crippen LogP contribution in [0.15, 0.2) is 36.4 Å². The van der Waals surface area contributed by atoms with Crippen LogP contribution in [0.25, 0.3) is 0 Å². The minimum atomic E-state index is -0.249. The van der Waals surface area contributed by atoms with Crippen LogP contribution < -0.4 is 4.90 Å². The van der Waals surface area contributed by atoms with E-state index in [-0.39, 0.29) is 5.82 Å². The average molecular weight is 255 g/mol. The van der Waals surface area contributed by atoms with E-state index in [4.69, 9.17) is 5.26 Å². The van der Waals surface area contributed by atoms with Crippen molar-refractivity contribution >= 4 is 5.82 Å². The summed E-state index contributed by atoms with van der Waals surface area (Å²) in [6.07, 6.45) is 0. The van der Waals surface area contributed by atoms with E-state index in [1.807, 2.05) is 24.9 Å². The summed E-state index contributed by atoms with van der Waals surface area (Å²) in [5.74, 6) is 0.460. The Hall–Kier alpha value is -2.41. The fourth-order valence-corrected chi connectivity index (χ4v) is 1.90. The van der Waals surface area contributed by atoms with Gasteiger partial charge in [0.15, 0.2) is 0 Å². The Balaban J connectivity index is 2.23. The molecule has 0 saturated heterocycles. The van der Waals surface area contributed by atoms with Crippen molar-refractivity contribution in [3.8, 4) is 6.07 Å². The molecule has 96 valence electrons. The lowest BCUT2D eigenvalue weighted by molar-refractivity contribution is 0.625. The van der Waals surface area contributed by atoms with Crippen LogP contribution in [0, 0.1) is 24.1 Å². The Labute approximate surface area is 111 Å². The molecule has 0 bridgehead atoms. The van der Waals surface area contributed by atoms with E-state index in [2.05, 4.69) is 11.1 Å². The fraction of sp³-hybridized carbons (Fsp3) is 0.200. The summed E-state index contributed by atoms with van der Waals surface area (Å²) in [5.41, 5.74) is 2.23. The normalized spacial score (nSPS) is 10.0. The van der Waals surface area contributed by atoms with Crippen molar-refractivity contribution in [3.05, 3.63) is 59.0 Å². The SMILES string of the molecule is Cc1cc(C#N)cc(N(C)Cc2cccc(F)c2)n1. The van der Waals surface area contributed by atoms with E-state index in [0.29, 0.717) is 17.9 Å². The molecule has 0 aliphatic heterocycles. The Morgan fingerprint density at radius 1 is 1.32 bits per heavy atom. The van der Waals surface area contributed by atoms with E-state index in [1.165, 1.54) is 12.1 Å². The first-order chi connectivity index (χ1) is 9.08. The first-order valence-corrected chi connectivity index (χ1v) is 5.93. The van der Waals surface area contributed by atoms with Crippen LogP contribution >= 0.6 is 0 Å². The summed E-state index contributed by atoms with van der Waals surface area (Å²) < 4.78 is 13.1. The highest BCUT2D eigenvalue weighted by Crippen LogP contribution is 2.16. The van der Waals surface area contributed by atoms with Gasteiger partial charge in [-0.15, -0.1) is 0 Å². The summed E-state index contributed by atoms with van der Waals surface area (Å²) in [4.78, 5) is 6.27. The van der Waals surface area contributed by atoms with Crippen molar-refractivity contribution in [1.82, 2.24) is 4.98 Å². The number of rotatable bonds is 3. The molecule has 0 spiro atoms. The number of hydrogen-bond acceptors (Lipinski definition) is 3. The molecule has 1 aromatic heterocycles. The molecule has 2 rings (SSSR count). The molecule has 0 saturated carbocycles. The Kier molecular flexibility index (Phi) is 3.76. The van der Waals surface area contributed by atoms with E-state index >= 15 is 0 Å². The first kappa shape index (κ1) is 13.0. The number of nitrogens with zero attached hydrogens (tertiary/aromatic N) is 3. The maximum absolute atomic E-state index is 13.1. The quantitative estimate of drug-likeness (QED) is 0.846. The summed E-state index contributed by atoms with van der Waals surface area (Å²) in [6.45, 7) is 2.39. The maximum Gasteiger partial charge on any atom is 0.130 e. The second kappa shape index (κ2) is 5.49. The van der Waals surface area contributed by atoms with Crippen LogP contribution in [0.5, 0.6) is 0 Å². The number of aromatic nitrogens is 1. The lowest BCUT2D eigenvalue weighted by Crippen LogP contribution is -2.18. The summed E-state index contributed by atoms with van der Waals surface area (Å²) in [7, 11) is 1.87. The molecule has 19 heavy (non-hydrogen) atoms. The van der Waals surface area contributed by atoms with Crippen LogP contribution in [0.3, 0.4) is 0 Å². The van der Waals surface area contributed by atoms with E-state index in [9.17, 15) is 4.39 Å². The number of pyridine rings is 1. The second-order valence-corrected chi connectivity index (χ2v) is 4.45. The lowest BCUT2D eigenvalue weighted by Gasteiger charge is -2.19. The van der Waals surface area contributed by atoms with Gasteiger partial charge < -0.3 is 4.90 Å². The molecule has 3 nitrogen and oxygen atoms in total. The van der Waals surface area contributed by atoms with Crippen LogP contribution in [-0.2, 0) is 6.54 Å². The molecule has 0 radical (unpaired) electrons. The van der Waals surface area contributed by atoms with E-state index in [0.717, 1.165) is 11.3 Å². The van der Waals surface area contributed by atoms with Gasteiger partial charge in [-0.05, 0) is 36.8 Å². The maximum atomic E-state index is 13.1. The van der Waals surface area contributed by atoms with Crippen molar-refractivity contribution < 1.29 is 4.39 Å². The number of aryl methyl sites for hydroxylation is 1. The minimum Gasteiger partial charge on any atom is -0.355 e. The topological polar surface area (TPSA) is 39.9 Å². The predicted octanol–water partition coefficient (Wildman–Crippen LogP) is 3.04. The van der Waals surface area contributed by atoms with Crippen LogP contribution in [-0.4, -0.2) is 12.0 Å². The van der Waals surface area contributed by atoms with Crippen LogP contribution in [0.2, 0.25) is 0 Å². The number of benzene rings is 1. The average Bonchev–Trinajstić information content (AvgIpc) is 2.38. The first-order valence-electron chi connectivity index (χ1n) is 5.93. The summed E-state index contributed by atoms with van der Waals surface area (Å²) in [5, 5.41) is 8.95. The zero-order valence-corrected chi connectivity index (χ0v) is 10.9. The van der Waals surface area contributed by atoms with Crippen LogP contribution in [0.1, 0.15) is 16.8 Å². The molecule has 4 heteroatoms. The minimum absolute atomic E-state index is 0.249. The van der Waals surface area contributed by atoms with Crippen molar-refractivity contribution in [2.75, 3.05) is 11.9 Å². The summed E-state index contributed by atoms with van der Waals surface area (Å²) in [6, 6.07) is 12.0. The third-order valence-electron chi connectivity index (χ3n) is 2.77. The molecule has 0 aliphatic rings. The van der Waals surface area contributed by atoms with Crippen molar-refractivity contribution in [1.29, 1.82) is 5.26 Å². The van der Waals surface area contributed by atoms with Gasteiger partial charge in [0.05, 0.1) is 11.6 Å². The predicted molar refractivity (Wildman–Crippen MR) is 72.2 cm³/mol. The molecule has 0 atom stereocenters. The molecule has 0 amide bonds. The van der Waals surface area contributed by atoms with Crippen molar-refractivity contribution in [2.45, 2.75) is 13.5 Å². The van der Waals surface area contributed by atoms with Crippen molar-refractivity contribution in [2.24, 2.45) is 0 Å². The van der Waals surface area contributed by atoms with Gasteiger partial charge in [0, 0.05) is 19.3 Å². The molecule has 1 aromatic carbocycles. The molecular formula is C15H14FN3. The molecular weight excluding hydrogens is 241 g/mol. The zero-order chi connectivity index (χ0) is 13.8. The molecule has 0 fully saturated rings. The molecule has 0 aliphatic carbocycles. The Bertz CT molecular complexity index is 632. The van der Waals surface area contributed by atoms with Gasteiger partial charge in [0.2, 0.25) is 0 Å². The second-order valence-electron chi connectivity index (χ2n) is 4.45. The van der Waals surface area contributed by atoms with Gasteiger partial charge in [-0.25, -0.2) is 9.37 Å². The van der Waals surface area contributed by atoms with Gasteiger partial charge in [0.1, 0.15) is 11.6 Å². The molecule has 0 N–H and O–H groups in total. The van der Waals surface area contributed by atoms with E-state index in [1.54, 1.807) is 18.2 Å². The summed E-state index contributed by atoms with van der Waals surface area (Å²) >= 11 is 0. The molecule has 1 heterocycles. The van der Waals surface area contributed by atoms with Crippen LogP contribution in [0.4, 0.5) is 10.2 Å². The van der Waals surface area contributed by atoms with Gasteiger partial charge in [0.25, 0.3) is 0 Å². The third kappa shape index (κ3) is 3.29. The Morgan fingerprint density at radius 2 is 2.11 bits per heavy atom.